The molecular weight excluding hydrogens is 331 g/mol. The first-order valence-electron chi connectivity index (χ1n) is 8.62. The molecule has 0 unspecified atom stereocenters. The van der Waals surface area contributed by atoms with E-state index in [1.165, 1.54) is 6.07 Å². The van der Waals surface area contributed by atoms with Crippen molar-refractivity contribution < 1.29 is 18.0 Å². The van der Waals surface area contributed by atoms with Crippen molar-refractivity contribution in [3.8, 4) is 0 Å². The molecule has 2 heterocycles. The van der Waals surface area contributed by atoms with Gasteiger partial charge in [0.2, 0.25) is 5.91 Å². The molecule has 1 aliphatic rings. The molecule has 0 radical (unpaired) electrons. The lowest BCUT2D eigenvalue weighted by molar-refractivity contribution is -0.141. The minimum absolute atomic E-state index is 0.0237. The first kappa shape index (κ1) is 19.7. The summed E-state index contributed by atoms with van der Waals surface area (Å²) in [4.78, 5) is 17.9. The molecule has 4 nitrogen and oxygen atoms in total. The van der Waals surface area contributed by atoms with Gasteiger partial charge in [0, 0.05) is 30.1 Å². The Kier molecular flexibility index (Phi) is 6.08. The van der Waals surface area contributed by atoms with Gasteiger partial charge in [0.05, 0.1) is 0 Å². The number of rotatable bonds is 4. The summed E-state index contributed by atoms with van der Waals surface area (Å²) in [5, 5.41) is 2.92. The Hall–Kier alpha value is -1.63. The average Bonchev–Trinajstić information content (AvgIpc) is 2.54. The number of carbonyl (C=O) groups excluding carboxylic acids is 1. The van der Waals surface area contributed by atoms with Crippen LogP contribution in [-0.2, 0) is 11.0 Å². The highest BCUT2D eigenvalue weighted by Crippen LogP contribution is 2.31. The van der Waals surface area contributed by atoms with E-state index in [0.717, 1.165) is 38.5 Å². The summed E-state index contributed by atoms with van der Waals surface area (Å²) in [6.45, 7) is 8.55. The summed E-state index contributed by atoms with van der Waals surface area (Å²) < 4.78 is 38.3. The minimum Gasteiger partial charge on any atom is -0.354 e. The van der Waals surface area contributed by atoms with Gasteiger partial charge in [-0.3, -0.25) is 4.79 Å². The van der Waals surface area contributed by atoms with Crippen LogP contribution in [0, 0.1) is 5.41 Å². The van der Waals surface area contributed by atoms with Crippen LogP contribution in [-0.4, -0.2) is 42.0 Å². The van der Waals surface area contributed by atoms with E-state index in [9.17, 15) is 18.0 Å². The van der Waals surface area contributed by atoms with Gasteiger partial charge >= 0.3 is 6.18 Å². The Balaban J connectivity index is 1.81. The maximum Gasteiger partial charge on any atom is 0.433 e. The molecule has 0 aliphatic carbocycles. The largest absolute Gasteiger partial charge is 0.433 e. The number of pyridine rings is 1. The number of aromatic nitrogens is 1. The molecule has 2 rings (SSSR count). The van der Waals surface area contributed by atoms with Gasteiger partial charge in [0.15, 0.2) is 0 Å². The number of hydrogen-bond acceptors (Lipinski definition) is 3. The van der Waals surface area contributed by atoms with Crippen molar-refractivity contribution in [2.24, 2.45) is 5.41 Å². The first-order valence-corrected chi connectivity index (χ1v) is 8.62. The van der Waals surface area contributed by atoms with Crippen LogP contribution in [0.1, 0.15) is 50.9 Å². The average molecular weight is 357 g/mol. The number of carbonyl (C=O) groups is 1. The van der Waals surface area contributed by atoms with Crippen LogP contribution in [0.3, 0.4) is 0 Å². The number of alkyl halides is 3. The summed E-state index contributed by atoms with van der Waals surface area (Å²) >= 11 is 0. The third kappa shape index (κ3) is 5.70. The first-order chi connectivity index (χ1) is 11.6. The number of likely N-dealkylation sites (tertiary alicyclic amines) is 1. The lowest BCUT2D eigenvalue weighted by Gasteiger charge is -2.32. The van der Waals surface area contributed by atoms with E-state index in [4.69, 9.17) is 0 Å². The predicted octanol–water partition coefficient (Wildman–Crippen LogP) is 3.44. The fourth-order valence-electron chi connectivity index (χ4n) is 2.88. The lowest BCUT2D eigenvalue weighted by atomic mass is 9.93. The number of nitrogens with one attached hydrogen (secondary N) is 1. The molecule has 1 aliphatic heterocycles. The third-order valence-corrected chi connectivity index (χ3v) is 4.46. The molecule has 0 spiro atoms. The van der Waals surface area contributed by atoms with E-state index in [2.05, 4.69) is 15.2 Å². The van der Waals surface area contributed by atoms with Gasteiger partial charge in [-0.1, -0.05) is 26.8 Å². The van der Waals surface area contributed by atoms with Crippen molar-refractivity contribution >= 4 is 5.91 Å². The van der Waals surface area contributed by atoms with Gasteiger partial charge < -0.3 is 10.2 Å². The molecule has 0 bridgehead atoms. The minimum atomic E-state index is -4.40. The fraction of sp³-hybridized carbons (Fsp3) is 0.667. The van der Waals surface area contributed by atoms with Gasteiger partial charge in [-0.15, -0.1) is 0 Å². The Morgan fingerprint density at radius 3 is 2.44 bits per heavy atom. The molecule has 1 fully saturated rings. The maximum atomic E-state index is 12.8. The predicted molar refractivity (Wildman–Crippen MR) is 90.1 cm³/mol. The molecule has 0 aromatic carbocycles. The monoisotopic (exact) mass is 357 g/mol. The lowest BCUT2D eigenvalue weighted by Crippen LogP contribution is -2.42. The van der Waals surface area contributed by atoms with Crippen molar-refractivity contribution in [3.05, 3.63) is 29.6 Å². The normalized spacial score (nSPS) is 17.5. The summed E-state index contributed by atoms with van der Waals surface area (Å²) in [7, 11) is 0. The molecule has 7 heteroatoms. The highest BCUT2D eigenvalue weighted by molar-refractivity contribution is 5.81. The summed E-state index contributed by atoms with van der Waals surface area (Å²) in [5.74, 6) is 0.0817. The van der Waals surface area contributed by atoms with Crippen LogP contribution in [0.25, 0.3) is 0 Å². The van der Waals surface area contributed by atoms with Crippen LogP contribution >= 0.6 is 0 Å². The second kappa shape index (κ2) is 7.72. The number of amides is 1. The molecular formula is C18H26F3N3O. The Morgan fingerprint density at radius 1 is 1.24 bits per heavy atom. The zero-order valence-electron chi connectivity index (χ0n) is 15.0. The number of nitrogens with zero attached hydrogens (tertiary/aromatic N) is 2. The maximum absolute atomic E-state index is 12.8. The zero-order valence-corrected chi connectivity index (χ0v) is 15.0. The number of hydrogen-bond donors (Lipinski definition) is 1. The molecule has 25 heavy (non-hydrogen) atoms. The van der Waals surface area contributed by atoms with Crippen LogP contribution in [0.2, 0.25) is 0 Å². The topological polar surface area (TPSA) is 45.2 Å². The van der Waals surface area contributed by atoms with Crippen LogP contribution < -0.4 is 5.32 Å². The molecule has 1 N–H and O–H groups in total. The van der Waals surface area contributed by atoms with Crippen LogP contribution in [0.4, 0.5) is 13.2 Å². The van der Waals surface area contributed by atoms with Gasteiger partial charge in [-0.2, -0.15) is 13.2 Å². The summed E-state index contributed by atoms with van der Waals surface area (Å²) in [6, 6.07) is 4.12. The van der Waals surface area contributed by atoms with E-state index in [1.807, 2.05) is 20.8 Å². The third-order valence-electron chi connectivity index (χ3n) is 4.46. The van der Waals surface area contributed by atoms with E-state index in [-0.39, 0.29) is 11.8 Å². The molecule has 0 saturated carbocycles. The smallest absolute Gasteiger partial charge is 0.354 e. The van der Waals surface area contributed by atoms with Crippen molar-refractivity contribution in [1.82, 2.24) is 15.2 Å². The van der Waals surface area contributed by atoms with Crippen LogP contribution in [0.15, 0.2) is 18.2 Å². The number of halogens is 3. The highest BCUT2D eigenvalue weighted by atomic mass is 19.4. The summed E-state index contributed by atoms with van der Waals surface area (Å²) in [6.07, 6.45) is -2.84. The molecule has 1 aromatic heterocycles. The second-order valence-electron chi connectivity index (χ2n) is 7.57. The quantitative estimate of drug-likeness (QED) is 0.898. The number of piperidine rings is 1. The highest BCUT2D eigenvalue weighted by Gasteiger charge is 2.33. The Morgan fingerprint density at radius 2 is 1.88 bits per heavy atom. The van der Waals surface area contributed by atoms with Gasteiger partial charge in [-0.05, 0) is 38.1 Å². The Bertz CT molecular complexity index is 588. The van der Waals surface area contributed by atoms with Gasteiger partial charge in [-0.25, -0.2) is 4.98 Å². The van der Waals surface area contributed by atoms with Crippen molar-refractivity contribution in [2.45, 2.75) is 45.7 Å². The second-order valence-corrected chi connectivity index (χ2v) is 7.57. The van der Waals surface area contributed by atoms with Crippen LogP contribution in [0.5, 0.6) is 0 Å². The molecule has 1 aromatic rings. The zero-order chi connectivity index (χ0) is 18.7. The summed E-state index contributed by atoms with van der Waals surface area (Å²) in [5.41, 5.74) is -0.699. The van der Waals surface area contributed by atoms with E-state index in [1.54, 1.807) is 6.07 Å². The van der Waals surface area contributed by atoms with Gasteiger partial charge in [0.1, 0.15) is 5.69 Å². The fourth-order valence-corrected chi connectivity index (χ4v) is 2.88. The standard InChI is InChI=1S/C18H26F3N3O/c1-17(2,3)16(25)22-9-12-24-10-7-13(8-11-24)14-5-4-6-15(23-14)18(19,20)21/h4-6,13H,7-12H2,1-3H3,(H,22,25). The van der Waals surface area contributed by atoms with Crippen molar-refractivity contribution in [1.29, 1.82) is 0 Å². The van der Waals surface area contributed by atoms with Gasteiger partial charge in [0.25, 0.3) is 0 Å². The SMILES string of the molecule is CC(C)(C)C(=O)NCCN1CCC(c2cccc(C(F)(F)F)n2)CC1. The van der Waals surface area contributed by atoms with E-state index >= 15 is 0 Å². The van der Waals surface area contributed by atoms with Crippen molar-refractivity contribution in [3.63, 3.8) is 0 Å². The molecule has 0 atom stereocenters. The molecule has 1 saturated heterocycles. The molecule has 140 valence electrons. The van der Waals surface area contributed by atoms with Crippen molar-refractivity contribution in [2.75, 3.05) is 26.2 Å². The Labute approximate surface area is 146 Å². The van der Waals surface area contributed by atoms with E-state index in [0.29, 0.717) is 12.2 Å². The van der Waals surface area contributed by atoms with E-state index < -0.39 is 17.3 Å². The molecule has 1 amide bonds.